The number of alkyl halides is 1. The van der Waals surface area contributed by atoms with Gasteiger partial charge in [-0.1, -0.05) is 13.8 Å². The fourth-order valence-electron chi connectivity index (χ4n) is 2.23. The Balaban J connectivity index is 1.88. The summed E-state index contributed by atoms with van der Waals surface area (Å²) in [7, 11) is 0. The van der Waals surface area contributed by atoms with E-state index in [1.807, 2.05) is 6.07 Å². The van der Waals surface area contributed by atoms with E-state index in [1.54, 1.807) is 6.33 Å². The van der Waals surface area contributed by atoms with E-state index in [2.05, 4.69) is 29.1 Å². The number of hydrogen-bond acceptors (Lipinski definition) is 3. The molecule has 0 aromatic carbocycles. The number of aromatic nitrogens is 2. The molecule has 4 heteroatoms. The summed E-state index contributed by atoms with van der Waals surface area (Å²) in [5.74, 6) is 2.06. The molecule has 0 bridgehead atoms. The van der Waals surface area contributed by atoms with Crippen molar-refractivity contribution in [2.45, 2.75) is 44.4 Å². The van der Waals surface area contributed by atoms with E-state index in [0.29, 0.717) is 17.2 Å². The van der Waals surface area contributed by atoms with Crippen molar-refractivity contribution in [2.75, 3.05) is 11.9 Å². The molecule has 1 heterocycles. The van der Waals surface area contributed by atoms with Crippen molar-refractivity contribution in [3.8, 4) is 0 Å². The molecular weight excluding hydrogens is 234 g/mol. The summed E-state index contributed by atoms with van der Waals surface area (Å²) in [4.78, 5) is 8.51. The Morgan fingerprint density at radius 1 is 1.41 bits per heavy atom. The maximum Gasteiger partial charge on any atom is 0.129 e. The second-order valence-electron chi connectivity index (χ2n) is 5.14. The highest BCUT2D eigenvalue weighted by atomic mass is 35.5. The summed E-state index contributed by atoms with van der Waals surface area (Å²) < 4.78 is 0. The van der Waals surface area contributed by atoms with Crippen molar-refractivity contribution in [1.29, 1.82) is 0 Å². The number of halogens is 1. The number of rotatable bonds is 4. The third-order valence-corrected chi connectivity index (χ3v) is 3.73. The molecule has 17 heavy (non-hydrogen) atoms. The predicted octanol–water partition coefficient (Wildman–Crippen LogP) is 3.42. The molecule has 2 atom stereocenters. The summed E-state index contributed by atoms with van der Waals surface area (Å²) in [5.41, 5.74) is 1.09. The second-order valence-corrected chi connectivity index (χ2v) is 5.76. The molecular formula is C13H20ClN3. The molecule has 0 spiro atoms. The van der Waals surface area contributed by atoms with E-state index in [4.69, 9.17) is 11.6 Å². The molecule has 1 saturated carbocycles. The number of anilines is 1. The average Bonchev–Trinajstić information content (AvgIpc) is 2.73. The summed E-state index contributed by atoms with van der Waals surface area (Å²) in [6.45, 7) is 5.25. The van der Waals surface area contributed by atoms with Crippen molar-refractivity contribution in [3.05, 3.63) is 18.1 Å². The first-order chi connectivity index (χ1) is 8.15. The topological polar surface area (TPSA) is 37.8 Å². The minimum absolute atomic E-state index is 0.374. The first kappa shape index (κ1) is 12.6. The summed E-state index contributed by atoms with van der Waals surface area (Å²) in [6.07, 6.45) is 5.13. The van der Waals surface area contributed by atoms with Crippen LogP contribution in [0.15, 0.2) is 12.4 Å². The molecule has 1 aromatic heterocycles. The van der Waals surface area contributed by atoms with Crippen molar-refractivity contribution in [1.82, 2.24) is 9.97 Å². The highest BCUT2D eigenvalue weighted by Gasteiger charge is 2.22. The number of nitrogens with zero attached hydrogens (tertiary/aromatic N) is 2. The fourth-order valence-corrected chi connectivity index (χ4v) is 2.61. The van der Waals surface area contributed by atoms with Gasteiger partial charge in [-0.25, -0.2) is 9.97 Å². The van der Waals surface area contributed by atoms with Gasteiger partial charge in [-0.15, -0.1) is 11.6 Å². The molecule has 1 N–H and O–H groups in total. The molecule has 1 aliphatic carbocycles. The largest absolute Gasteiger partial charge is 0.370 e. The van der Waals surface area contributed by atoms with Gasteiger partial charge >= 0.3 is 0 Å². The minimum Gasteiger partial charge on any atom is -0.370 e. The van der Waals surface area contributed by atoms with Crippen molar-refractivity contribution in [2.24, 2.45) is 5.92 Å². The molecule has 2 unspecified atom stereocenters. The number of nitrogens with one attached hydrogen (secondary N) is 1. The maximum atomic E-state index is 6.10. The lowest BCUT2D eigenvalue weighted by molar-refractivity contribution is 0.579. The predicted molar refractivity (Wildman–Crippen MR) is 71.6 cm³/mol. The van der Waals surface area contributed by atoms with E-state index in [0.717, 1.165) is 30.9 Å². The zero-order chi connectivity index (χ0) is 12.3. The van der Waals surface area contributed by atoms with Crippen LogP contribution in [0.4, 0.5) is 5.82 Å². The van der Waals surface area contributed by atoms with Crippen LogP contribution in [0.25, 0.3) is 0 Å². The molecule has 0 amide bonds. The summed E-state index contributed by atoms with van der Waals surface area (Å²) in [5, 5.41) is 3.77. The van der Waals surface area contributed by atoms with Gasteiger partial charge in [0.2, 0.25) is 0 Å². The second kappa shape index (κ2) is 5.67. The summed E-state index contributed by atoms with van der Waals surface area (Å²) in [6, 6.07) is 2.04. The molecule has 0 aliphatic heterocycles. The summed E-state index contributed by atoms with van der Waals surface area (Å²) >= 11 is 6.10. The van der Waals surface area contributed by atoms with E-state index < -0.39 is 0 Å². The van der Waals surface area contributed by atoms with Crippen LogP contribution in [-0.4, -0.2) is 21.9 Å². The highest BCUT2D eigenvalue weighted by Crippen LogP contribution is 2.29. The van der Waals surface area contributed by atoms with Crippen LogP contribution in [0, 0.1) is 5.92 Å². The van der Waals surface area contributed by atoms with Crippen LogP contribution in [0.3, 0.4) is 0 Å². The van der Waals surface area contributed by atoms with Gasteiger partial charge < -0.3 is 5.32 Å². The van der Waals surface area contributed by atoms with Gasteiger partial charge in [0.25, 0.3) is 0 Å². The van der Waals surface area contributed by atoms with E-state index in [-0.39, 0.29) is 0 Å². The Kier molecular flexibility index (Phi) is 4.21. The molecule has 1 aliphatic rings. The maximum absolute atomic E-state index is 6.10. The average molecular weight is 254 g/mol. The zero-order valence-electron chi connectivity index (χ0n) is 10.5. The fraction of sp³-hybridized carbons (Fsp3) is 0.692. The lowest BCUT2D eigenvalue weighted by atomic mass is 10.1. The van der Waals surface area contributed by atoms with Gasteiger partial charge in [-0.3, -0.25) is 0 Å². The molecule has 1 aromatic rings. The van der Waals surface area contributed by atoms with Crippen molar-refractivity contribution in [3.63, 3.8) is 0 Å². The number of hydrogen-bond donors (Lipinski definition) is 1. The molecule has 3 nitrogen and oxygen atoms in total. The van der Waals surface area contributed by atoms with Gasteiger partial charge in [-0.2, -0.15) is 0 Å². The highest BCUT2D eigenvalue weighted by molar-refractivity contribution is 6.20. The van der Waals surface area contributed by atoms with Crippen molar-refractivity contribution < 1.29 is 0 Å². The molecule has 2 rings (SSSR count). The standard InChI is InChI=1S/C13H20ClN3/c1-9(2)12-6-13(17-8-16-12)15-7-10-3-4-11(14)5-10/h6,8-11H,3-5,7H2,1-2H3,(H,15,16,17). The van der Waals surface area contributed by atoms with Crippen molar-refractivity contribution >= 4 is 17.4 Å². The van der Waals surface area contributed by atoms with Gasteiger partial charge in [0.1, 0.15) is 12.1 Å². The van der Waals surface area contributed by atoms with Gasteiger partial charge in [-0.05, 0) is 31.1 Å². The van der Waals surface area contributed by atoms with Crippen LogP contribution in [0.5, 0.6) is 0 Å². The van der Waals surface area contributed by atoms with E-state index in [1.165, 1.54) is 6.42 Å². The van der Waals surface area contributed by atoms with Gasteiger partial charge in [0.05, 0.1) is 0 Å². The van der Waals surface area contributed by atoms with Crippen LogP contribution < -0.4 is 5.32 Å². The van der Waals surface area contributed by atoms with Crippen LogP contribution in [0.2, 0.25) is 0 Å². The van der Waals surface area contributed by atoms with Gasteiger partial charge in [0, 0.05) is 23.7 Å². The quantitative estimate of drug-likeness (QED) is 0.836. The molecule has 1 fully saturated rings. The first-order valence-corrected chi connectivity index (χ1v) is 6.78. The Morgan fingerprint density at radius 3 is 2.88 bits per heavy atom. The molecule has 0 radical (unpaired) electrons. The lowest BCUT2D eigenvalue weighted by Crippen LogP contribution is -2.13. The van der Waals surface area contributed by atoms with E-state index >= 15 is 0 Å². The molecule has 0 saturated heterocycles. The zero-order valence-corrected chi connectivity index (χ0v) is 11.2. The smallest absolute Gasteiger partial charge is 0.129 e. The Morgan fingerprint density at radius 2 is 2.24 bits per heavy atom. The lowest BCUT2D eigenvalue weighted by Gasteiger charge is -2.12. The van der Waals surface area contributed by atoms with Crippen LogP contribution in [0.1, 0.15) is 44.7 Å². The Labute approximate surface area is 108 Å². The third kappa shape index (κ3) is 3.56. The minimum atomic E-state index is 0.374. The van der Waals surface area contributed by atoms with Crippen LogP contribution in [-0.2, 0) is 0 Å². The molecule has 94 valence electrons. The normalized spacial score (nSPS) is 24.2. The Hall–Kier alpha value is -0.830. The SMILES string of the molecule is CC(C)c1cc(NCC2CCC(Cl)C2)ncn1. The van der Waals surface area contributed by atoms with E-state index in [9.17, 15) is 0 Å². The Bertz CT molecular complexity index is 367. The monoisotopic (exact) mass is 253 g/mol. The van der Waals surface area contributed by atoms with Crippen LogP contribution >= 0.6 is 11.6 Å². The third-order valence-electron chi connectivity index (χ3n) is 3.33. The van der Waals surface area contributed by atoms with Gasteiger partial charge in [0.15, 0.2) is 0 Å². The first-order valence-electron chi connectivity index (χ1n) is 6.35.